The largest absolute Gasteiger partial charge is 0.396 e. The van der Waals surface area contributed by atoms with E-state index >= 15 is 0 Å². The van der Waals surface area contributed by atoms with Crippen LogP contribution in [-0.4, -0.2) is 24.2 Å². The molecular formula is C12H16FNO2. The number of carbonyl (C=O) groups excluding carboxylic acids is 1. The van der Waals surface area contributed by atoms with Crippen molar-refractivity contribution in [2.24, 2.45) is 0 Å². The zero-order valence-corrected chi connectivity index (χ0v) is 9.29. The number of halogens is 1. The molecule has 1 aromatic rings. The second-order valence-electron chi connectivity index (χ2n) is 3.67. The quantitative estimate of drug-likeness (QED) is 0.748. The van der Waals surface area contributed by atoms with E-state index in [0.717, 1.165) is 5.56 Å². The van der Waals surface area contributed by atoms with Crippen molar-refractivity contribution in [1.29, 1.82) is 0 Å². The van der Waals surface area contributed by atoms with Crippen LogP contribution < -0.4 is 5.32 Å². The Bertz CT molecular complexity index is 366. The Morgan fingerprint density at radius 3 is 2.81 bits per heavy atom. The van der Waals surface area contributed by atoms with E-state index in [9.17, 15) is 9.18 Å². The first-order chi connectivity index (χ1) is 7.65. The molecule has 1 rings (SSSR count). The molecule has 0 aliphatic heterocycles. The number of carbonyl (C=O) groups is 1. The molecule has 3 nitrogen and oxygen atoms in total. The molecule has 0 radical (unpaired) electrons. The first-order valence-corrected chi connectivity index (χ1v) is 5.30. The monoisotopic (exact) mass is 225 g/mol. The maximum atomic E-state index is 13.4. The van der Waals surface area contributed by atoms with Gasteiger partial charge in [0.05, 0.1) is 5.56 Å². The standard InChI is InChI=1S/C12H16FNO2/c1-9-4-5-10(11(13)8-9)12(16)14-6-2-3-7-15/h4-5,8,15H,2-3,6-7H2,1H3,(H,14,16). The minimum atomic E-state index is -0.500. The summed E-state index contributed by atoms with van der Waals surface area (Å²) in [6, 6.07) is 4.51. The first-order valence-electron chi connectivity index (χ1n) is 5.30. The van der Waals surface area contributed by atoms with Crippen molar-refractivity contribution in [2.75, 3.05) is 13.2 Å². The lowest BCUT2D eigenvalue weighted by atomic mass is 10.1. The highest BCUT2D eigenvalue weighted by atomic mass is 19.1. The highest BCUT2D eigenvalue weighted by molar-refractivity contribution is 5.94. The van der Waals surface area contributed by atoms with Crippen LogP contribution in [-0.2, 0) is 0 Å². The average molecular weight is 225 g/mol. The Balaban J connectivity index is 2.53. The summed E-state index contributed by atoms with van der Waals surface area (Å²) < 4.78 is 13.4. The molecule has 0 saturated heterocycles. The van der Waals surface area contributed by atoms with E-state index in [4.69, 9.17) is 5.11 Å². The highest BCUT2D eigenvalue weighted by Gasteiger charge is 2.10. The van der Waals surface area contributed by atoms with Crippen LogP contribution >= 0.6 is 0 Å². The Morgan fingerprint density at radius 2 is 2.19 bits per heavy atom. The Hall–Kier alpha value is -1.42. The molecule has 1 aromatic carbocycles. The van der Waals surface area contributed by atoms with Crippen LogP contribution in [0.3, 0.4) is 0 Å². The number of hydrogen-bond donors (Lipinski definition) is 2. The minimum absolute atomic E-state index is 0.0644. The van der Waals surface area contributed by atoms with Gasteiger partial charge >= 0.3 is 0 Å². The summed E-state index contributed by atoms with van der Waals surface area (Å²) in [5.74, 6) is -0.907. The summed E-state index contributed by atoms with van der Waals surface area (Å²) in [6.45, 7) is 2.33. The number of aliphatic hydroxyl groups is 1. The van der Waals surface area contributed by atoms with Gasteiger partial charge in [-0.1, -0.05) is 6.07 Å². The SMILES string of the molecule is Cc1ccc(C(=O)NCCCCO)c(F)c1. The van der Waals surface area contributed by atoms with Gasteiger partial charge in [0.1, 0.15) is 5.82 Å². The van der Waals surface area contributed by atoms with Crippen LogP contribution in [0.1, 0.15) is 28.8 Å². The summed E-state index contributed by atoms with van der Waals surface area (Å²) >= 11 is 0. The average Bonchev–Trinajstić information content (AvgIpc) is 2.24. The van der Waals surface area contributed by atoms with E-state index in [1.54, 1.807) is 13.0 Å². The molecule has 1 amide bonds. The van der Waals surface area contributed by atoms with Gasteiger partial charge in [0.25, 0.3) is 5.91 Å². The molecule has 0 atom stereocenters. The molecule has 0 fully saturated rings. The van der Waals surface area contributed by atoms with Gasteiger partial charge in [-0.05, 0) is 37.5 Å². The fourth-order valence-electron chi connectivity index (χ4n) is 1.34. The summed E-state index contributed by atoms with van der Waals surface area (Å²) in [5, 5.41) is 11.2. The Morgan fingerprint density at radius 1 is 1.44 bits per heavy atom. The summed E-state index contributed by atoms with van der Waals surface area (Å²) in [7, 11) is 0. The van der Waals surface area contributed by atoms with Gasteiger partial charge in [-0.15, -0.1) is 0 Å². The summed E-state index contributed by atoms with van der Waals surface area (Å²) in [4.78, 5) is 11.5. The van der Waals surface area contributed by atoms with Crippen molar-refractivity contribution in [3.8, 4) is 0 Å². The van der Waals surface area contributed by atoms with Gasteiger partial charge in [0, 0.05) is 13.2 Å². The smallest absolute Gasteiger partial charge is 0.254 e. The van der Waals surface area contributed by atoms with Gasteiger partial charge in [-0.2, -0.15) is 0 Å². The predicted octanol–water partition coefficient (Wildman–Crippen LogP) is 1.64. The van der Waals surface area contributed by atoms with Crippen LogP contribution in [0.2, 0.25) is 0 Å². The molecule has 0 saturated carbocycles. The van der Waals surface area contributed by atoms with Crippen molar-refractivity contribution in [2.45, 2.75) is 19.8 Å². The van der Waals surface area contributed by atoms with Crippen LogP contribution in [0.25, 0.3) is 0 Å². The molecule has 0 heterocycles. The zero-order valence-electron chi connectivity index (χ0n) is 9.29. The van der Waals surface area contributed by atoms with E-state index in [-0.39, 0.29) is 12.2 Å². The lowest BCUT2D eigenvalue weighted by Crippen LogP contribution is -2.25. The fourth-order valence-corrected chi connectivity index (χ4v) is 1.34. The van der Waals surface area contributed by atoms with Crippen molar-refractivity contribution < 1.29 is 14.3 Å². The van der Waals surface area contributed by atoms with Crippen molar-refractivity contribution in [1.82, 2.24) is 5.32 Å². The number of hydrogen-bond acceptors (Lipinski definition) is 2. The fraction of sp³-hybridized carbons (Fsp3) is 0.417. The number of aryl methyl sites for hydroxylation is 1. The van der Waals surface area contributed by atoms with E-state index in [1.165, 1.54) is 12.1 Å². The second-order valence-corrected chi connectivity index (χ2v) is 3.67. The number of benzene rings is 1. The normalized spacial score (nSPS) is 10.2. The molecule has 0 aliphatic rings. The lowest BCUT2D eigenvalue weighted by Gasteiger charge is -2.06. The number of unbranched alkanes of at least 4 members (excludes halogenated alkanes) is 1. The minimum Gasteiger partial charge on any atom is -0.396 e. The molecule has 0 unspecified atom stereocenters. The van der Waals surface area contributed by atoms with Gasteiger partial charge in [0.2, 0.25) is 0 Å². The van der Waals surface area contributed by atoms with Gasteiger partial charge in [-0.3, -0.25) is 4.79 Å². The topological polar surface area (TPSA) is 49.3 Å². The third-order valence-electron chi connectivity index (χ3n) is 2.24. The van der Waals surface area contributed by atoms with Crippen LogP contribution in [0.5, 0.6) is 0 Å². The number of rotatable bonds is 5. The second kappa shape index (κ2) is 6.23. The number of aliphatic hydroxyl groups excluding tert-OH is 1. The lowest BCUT2D eigenvalue weighted by molar-refractivity contribution is 0.0948. The molecule has 0 spiro atoms. The third-order valence-corrected chi connectivity index (χ3v) is 2.24. The third kappa shape index (κ3) is 3.62. The maximum absolute atomic E-state index is 13.4. The molecule has 0 bridgehead atoms. The molecular weight excluding hydrogens is 209 g/mol. The molecule has 88 valence electrons. The van der Waals surface area contributed by atoms with Crippen LogP contribution in [0.4, 0.5) is 4.39 Å². The molecule has 4 heteroatoms. The number of amides is 1. The van der Waals surface area contributed by atoms with E-state index in [2.05, 4.69) is 5.32 Å². The highest BCUT2D eigenvalue weighted by Crippen LogP contribution is 2.09. The maximum Gasteiger partial charge on any atom is 0.254 e. The summed E-state index contributed by atoms with van der Waals surface area (Å²) in [6.07, 6.45) is 1.33. The molecule has 0 aromatic heterocycles. The van der Waals surface area contributed by atoms with E-state index < -0.39 is 11.7 Å². The molecule has 0 aliphatic carbocycles. The summed E-state index contributed by atoms with van der Waals surface area (Å²) in [5.41, 5.74) is 0.851. The van der Waals surface area contributed by atoms with Gasteiger partial charge in [0.15, 0.2) is 0 Å². The van der Waals surface area contributed by atoms with Gasteiger partial charge < -0.3 is 10.4 Å². The Kier molecular flexibility index (Phi) is 4.92. The zero-order chi connectivity index (χ0) is 12.0. The van der Waals surface area contributed by atoms with E-state index in [1.807, 2.05) is 0 Å². The molecule has 2 N–H and O–H groups in total. The number of nitrogens with one attached hydrogen (secondary N) is 1. The van der Waals surface area contributed by atoms with Crippen LogP contribution in [0, 0.1) is 12.7 Å². The van der Waals surface area contributed by atoms with Crippen molar-refractivity contribution in [3.05, 3.63) is 35.1 Å². The van der Waals surface area contributed by atoms with E-state index in [0.29, 0.717) is 19.4 Å². The first kappa shape index (κ1) is 12.6. The van der Waals surface area contributed by atoms with Crippen molar-refractivity contribution in [3.63, 3.8) is 0 Å². The Labute approximate surface area is 94.3 Å². The van der Waals surface area contributed by atoms with Crippen LogP contribution in [0.15, 0.2) is 18.2 Å². The van der Waals surface area contributed by atoms with Crippen molar-refractivity contribution >= 4 is 5.91 Å². The molecule has 16 heavy (non-hydrogen) atoms. The van der Waals surface area contributed by atoms with Gasteiger partial charge in [-0.25, -0.2) is 4.39 Å². The predicted molar refractivity (Wildman–Crippen MR) is 59.8 cm³/mol.